The van der Waals surface area contributed by atoms with Gasteiger partial charge in [0.25, 0.3) is 0 Å². The second-order valence-corrected chi connectivity index (χ2v) is 38.0. The molecule has 0 amide bonds. The number of fused-ring (bicyclic) bond motifs is 14. The van der Waals surface area contributed by atoms with Crippen LogP contribution in [-0.4, -0.2) is 214 Å². The molecule has 8 N–H and O–H groups in total. The van der Waals surface area contributed by atoms with Crippen LogP contribution in [0, 0.1) is 0 Å². The number of piperazine rings is 4. The molecule has 2 spiro atoms. The number of anilines is 12. The van der Waals surface area contributed by atoms with Gasteiger partial charge in [0, 0.05) is 178 Å². The summed E-state index contributed by atoms with van der Waals surface area (Å²) < 4.78 is 34.3. The van der Waals surface area contributed by atoms with E-state index in [0.717, 1.165) is 220 Å². The number of sulfone groups is 1. The molecule has 636 valence electrons. The van der Waals surface area contributed by atoms with Crippen molar-refractivity contribution < 1.29 is 8.42 Å². The van der Waals surface area contributed by atoms with Gasteiger partial charge in [0.1, 0.15) is 50.9 Å². The first-order valence-electron chi connectivity index (χ1n) is 43.9. The molecular formula is C89H111N29O2S2. The van der Waals surface area contributed by atoms with Crippen LogP contribution >= 0.6 is 12.2 Å². The average Bonchev–Trinajstić information content (AvgIpc) is 1.57. The fourth-order valence-corrected chi connectivity index (χ4v) is 21.9. The normalized spacial score (nSPS) is 20.0. The zero-order valence-corrected chi connectivity index (χ0v) is 72.2. The van der Waals surface area contributed by atoms with E-state index < -0.39 is 9.84 Å². The highest BCUT2D eigenvalue weighted by atomic mass is 32.2. The number of thiocarbonyl (C=S) groups is 1. The molecule has 12 aromatic rings. The van der Waals surface area contributed by atoms with Crippen molar-refractivity contribution in [3.8, 4) is 0 Å². The van der Waals surface area contributed by atoms with Gasteiger partial charge in [0.15, 0.2) is 9.84 Å². The predicted molar refractivity (Wildman–Crippen MR) is 489 cm³/mol. The van der Waals surface area contributed by atoms with Gasteiger partial charge in [-0.2, -0.15) is 19.9 Å². The molecule has 0 aromatic carbocycles. The van der Waals surface area contributed by atoms with Crippen molar-refractivity contribution >= 4 is 147 Å². The van der Waals surface area contributed by atoms with Crippen LogP contribution in [0.2, 0.25) is 0 Å². The maximum absolute atomic E-state index is 12.6. The Morgan fingerprint density at radius 2 is 0.746 bits per heavy atom. The smallest absolute Gasteiger partial charge is 0.230 e. The fraction of sp³-hybridized carbons (Fsp3) is 0.483. The number of hydrogen-bond donors (Lipinski definition) is 8. The molecule has 2 saturated carbocycles. The van der Waals surface area contributed by atoms with Crippen LogP contribution in [0.1, 0.15) is 148 Å². The highest BCUT2D eigenvalue weighted by Gasteiger charge is 2.43. The minimum absolute atomic E-state index is 0.0592. The summed E-state index contributed by atoms with van der Waals surface area (Å²) in [6, 6.07) is 24.6. The molecule has 0 radical (unpaired) electrons. The lowest BCUT2D eigenvalue weighted by atomic mass is 9.76. The minimum Gasteiger partial charge on any atom is -0.368 e. The van der Waals surface area contributed by atoms with Gasteiger partial charge >= 0.3 is 0 Å². The van der Waals surface area contributed by atoms with Crippen molar-refractivity contribution in [1.29, 1.82) is 0 Å². The molecule has 22 rings (SSSR count). The van der Waals surface area contributed by atoms with Crippen LogP contribution in [-0.2, 0) is 38.4 Å². The molecule has 6 fully saturated rings. The van der Waals surface area contributed by atoms with Crippen LogP contribution < -0.4 is 62.1 Å². The number of nitrogens with one attached hydrogen (secondary N) is 8. The van der Waals surface area contributed by atoms with Crippen LogP contribution in [0.4, 0.5) is 69.8 Å². The van der Waals surface area contributed by atoms with E-state index in [4.69, 9.17) is 32.2 Å². The molecule has 0 atom stereocenters. The van der Waals surface area contributed by atoms with Crippen molar-refractivity contribution in [1.82, 2.24) is 99.3 Å². The summed E-state index contributed by atoms with van der Waals surface area (Å²) in [7, 11) is -3.31. The fourth-order valence-electron chi connectivity index (χ4n) is 19.8. The molecule has 0 unspecified atom stereocenters. The van der Waals surface area contributed by atoms with Crippen molar-refractivity contribution in [2.45, 2.75) is 165 Å². The molecule has 31 nitrogen and oxygen atoms in total. The maximum atomic E-state index is 12.6. The molecule has 33 heteroatoms. The van der Waals surface area contributed by atoms with Gasteiger partial charge in [-0.25, -0.2) is 48.3 Å². The van der Waals surface area contributed by atoms with E-state index in [9.17, 15) is 8.42 Å². The van der Waals surface area contributed by atoms with E-state index in [1.165, 1.54) is 94.1 Å². The average molecular weight is 1680 g/mol. The van der Waals surface area contributed by atoms with Gasteiger partial charge in [-0.15, -0.1) is 0 Å². The molecule has 10 aliphatic rings. The third-order valence-electron chi connectivity index (χ3n) is 26.4. The SMILES string of the molecule is CC1(C)CCCc2cc3cnc(Nc4ccc(N5CCNCC5)cn4)nc3n21.CC1(C)CCS(=O)(=O)c2cc3cnc(Nc4ccc(N5CCNCC5)cn4)nc3n21.CC1=NCC2(CCCCC2)n2c1cc1cnc(Nc3ccc(N4CCNCC4)cn3)nc12.S=C1CCC2(CCCCC2)n2c1cc1cnc(Nc3ccc(N4CCNCC4)cn3)nc12. The van der Waals surface area contributed by atoms with Gasteiger partial charge in [-0.05, 0) is 172 Å². The van der Waals surface area contributed by atoms with Crippen LogP contribution in [0.3, 0.4) is 0 Å². The van der Waals surface area contributed by atoms with Gasteiger partial charge in [0.2, 0.25) is 23.8 Å². The Kier molecular flexibility index (Phi) is 22.5. The number of rotatable bonds is 12. The Labute approximate surface area is 717 Å². The molecule has 12 aromatic heterocycles. The number of aryl methyl sites for hydroxylation is 1. The molecular weight excluding hydrogens is 1570 g/mol. The highest BCUT2D eigenvalue weighted by molar-refractivity contribution is 7.91. The third kappa shape index (κ3) is 16.6. The first-order valence-corrected chi connectivity index (χ1v) is 46.0. The van der Waals surface area contributed by atoms with Gasteiger partial charge < -0.3 is 80.4 Å². The molecule has 4 saturated heterocycles. The van der Waals surface area contributed by atoms with Crippen molar-refractivity contribution in [3.05, 3.63) is 139 Å². The molecule has 20 heterocycles. The van der Waals surface area contributed by atoms with E-state index in [1.807, 2.05) is 92.1 Å². The van der Waals surface area contributed by atoms with E-state index in [-0.39, 0.29) is 27.9 Å². The molecule has 2 aliphatic carbocycles. The quantitative estimate of drug-likeness (QED) is 0.0527. The van der Waals surface area contributed by atoms with Crippen LogP contribution in [0.25, 0.3) is 44.1 Å². The van der Waals surface area contributed by atoms with Crippen molar-refractivity contribution in [2.75, 3.05) is 158 Å². The van der Waals surface area contributed by atoms with E-state index in [2.05, 4.69) is 178 Å². The van der Waals surface area contributed by atoms with Gasteiger partial charge in [-0.1, -0.05) is 50.7 Å². The Morgan fingerprint density at radius 3 is 1.16 bits per heavy atom. The Bertz CT molecular complexity index is 5820. The predicted octanol–water partition coefficient (Wildman–Crippen LogP) is 12.6. The van der Waals surface area contributed by atoms with Crippen LogP contribution in [0.5, 0.6) is 0 Å². The first-order chi connectivity index (χ1) is 59.4. The Morgan fingerprint density at radius 1 is 0.377 bits per heavy atom. The summed E-state index contributed by atoms with van der Waals surface area (Å²) in [6.45, 7) is 27.7. The second kappa shape index (κ2) is 34.0. The summed E-state index contributed by atoms with van der Waals surface area (Å²) in [5.74, 6) is 5.25. The summed E-state index contributed by atoms with van der Waals surface area (Å²) in [5, 5.41) is 30.8. The molecule has 122 heavy (non-hydrogen) atoms. The van der Waals surface area contributed by atoms with Crippen molar-refractivity contribution in [2.24, 2.45) is 4.99 Å². The van der Waals surface area contributed by atoms with Crippen molar-refractivity contribution in [3.63, 3.8) is 0 Å². The lowest BCUT2D eigenvalue weighted by molar-refractivity contribution is 0.180. The summed E-state index contributed by atoms with van der Waals surface area (Å²) in [5.41, 5.74) is 13.0. The van der Waals surface area contributed by atoms with Crippen LogP contribution in [0.15, 0.2) is 132 Å². The molecule has 0 bridgehead atoms. The zero-order valence-electron chi connectivity index (χ0n) is 70.6. The highest BCUT2D eigenvalue weighted by Crippen LogP contribution is 2.47. The zero-order chi connectivity index (χ0) is 83.2. The lowest BCUT2D eigenvalue weighted by Gasteiger charge is -2.43. The van der Waals surface area contributed by atoms with Gasteiger partial charge in [0.05, 0.1) is 82.5 Å². The number of aliphatic imine (C=N–C) groups is 1. The second-order valence-electron chi connectivity index (χ2n) is 35.4. The topological polar surface area (TPSA) is 330 Å². The Hall–Kier alpha value is -11.0. The van der Waals surface area contributed by atoms with E-state index >= 15 is 0 Å². The third-order valence-corrected chi connectivity index (χ3v) is 28.5. The summed E-state index contributed by atoms with van der Waals surface area (Å²) >= 11 is 5.76. The number of hydrogen-bond acceptors (Lipinski definition) is 28. The summed E-state index contributed by atoms with van der Waals surface area (Å²) in [6.07, 6.45) is 33.8. The first kappa shape index (κ1) is 80.7. The lowest BCUT2D eigenvalue weighted by Crippen LogP contribution is -2.43. The molecule has 8 aliphatic heterocycles. The standard InChI is InChI=1S/C24H30N8.C24H29N7S.C21H27N7.C20H25N7O2S/c1-17-20-13-18-14-27-23(29-21-6-5-19(15-26-21)31-11-9-25-10-12-31)30-22(18)32(20)24(16-28-17)7-3-2-4-8-24;32-20-6-9-24(7-2-1-3-8-24)31-19(20)14-17-15-27-23(29-22(17)31)28-21-5-4-18(16-26-21)30-12-10-25-11-13-30;1-21(2)7-3-4-16-12-15-13-24-20(26-19(15)28(16)21)25-18-6-5-17(14-23-18)27-10-8-22-9-11-27;1-20(2)5-10-30(28,29)17-11-14-12-23-19(25-18(14)27(17)20)24-16-4-3-15(13-22-16)26-8-6-21-7-9-26/h5-6,13-15,25H,2-4,7-12,16H2,1H3,(H,26,27,29,30);4-5,14-16,25H,1-3,6-13H2,(H,26,27,28,29);5-6,12-14,22H,3-4,7-11H2,1-2H3,(H,23,24,25,26);3-4,11-13,21H,5-10H2,1-2H3,(H,22,23,24,25). The monoisotopic (exact) mass is 1680 g/mol. The number of nitrogens with zero attached hydrogens (tertiary/aromatic N) is 21. The minimum atomic E-state index is -3.31. The Balaban J connectivity index is 0.000000107. The maximum Gasteiger partial charge on any atom is 0.230 e. The van der Waals surface area contributed by atoms with Gasteiger partial charge in [-0.3, -0.25) is 4.99 Å². The largest absolute Gasteiger partial charge is 0.368 e. The number of aromatic nitrogens is 16. The van der Waals surface area contributed by atoms with E-state index in [0.29, 0.717) is 46.7 Å². The number of pyridine rings is 4. The van der Waals surface area contributed by atoms with E-state index in [1.54, 1.807) is 12.3 Å². The summed E-state index contributed by atoms with van der Waals surface area (Å²) in [4.78, 5) is 71.1.